The summed E-state index contributed by atoms with van der Waals surface area (Å²) in [4.78, 5) is 2.05. The van der Waals surface area contributed by atoms with Gasteiger partial charge in [-0.25, -0.2) is 0 Å². The van der Waals surface area contributed by atoms with Crippen molar-refractivity contribution >= 4 is 34.6 Å². The van der Waals surface area contributed by atoms with Gasteiger partial charge in [0.15, 0.2) is 0 Å². The number of benzene rings is 2. The highest BCUT2D eigenvalue weighted by molar-refractivity contribution is 6.34. The van der Waals surface area contributed by atoms with Crippen molar-refractivity contribution in [2.45, 2.75) is 18.9 Å². The third kappa shape index (κ3) is 2.97. The highest BCUT2D eigenvalue weighted by atomic mass is 35.5. The Hall–Kier alpha value is -1.38. The summed E-state index contributed by atoms with van der Waals surface area (Å²) in [5.41, 5.74) is 4.84. The first-order valence-corrected chi connectivity index (χ1v) is 7.80. The van der Waals surface area contributed by atoms with Crippen molar-refractivity contribution in [2.75, 3.05) is 24.3 Å². The van der Waals surface area contributed by atoms with E-state index >= 15 is 0 Å². The average molecular weight is 321 g/mol. The summed E-state index contributed by atoms with van der Waals surface area (Å²) in [6, 6.07) is 12.5. The second-order valence-corrected chi connectivity index (χ2v) is 6.54. The van der Waals surface area contributed by atoms with E-state index in [0.29, 0.717) is 6.04 Å². The van der Waals surface area contributed by atoms with Gasteiger partial charge in [-0.2, -0.15) is 0 Å². The Morgan fingerprint density at radius 3 is 2.57 bits per heavy atom. The maximum atomic E-state index is 6.32. The molecule has 1 aliphatic carbocycles. The van der Waals surface area contributed by atoms with Crippen LogP contribution in [-0.4, -0.2) is 20.1 Å². The molecule has 0 saturated carbocycles. The van der Waals surface area contributed by atoms with E-state index in [1.807, 2.05) is 37.2 Å². The van der Waals surface area contributed by atoms with Crippen LogP contribution in [0.1, 0.15) is 11.1 Å². The van der Waals surface area contributed by atoms with Gasteiger partial charge in [-0.15, -0.1) is 0 Å². The molecule has 2 nitrogen and oxygen atoms in total. The zero-order chi connectivity index (χ0) is 15.0. The molecule has 3 rings (SSSR count). The molecule has 0 heterocycles. The van der Waals surface area contributed by atoms with E-state index in [1.54, 1.807) is 0 Å². The monoisotopic (exact) mass is 320 g/mol. The van der Waals surface area contributed by atoms with E-state index in [2.05, 4.69) is 23.5 Å². The predicted octanol–water partition coefficient (Wildman–Crippen LogP) is 4.64. The molecule has 0 saturated heterocycles. The minimum absolute atomic E-state index is 0.385. The molecule has 0 bridgehead atoms. The standard InChI is InChI=1S/C17H18Cl2N2/c1-21(2)17-15(19)4-3-5-16(17)20-14-9-11-6-7-13(18)8-12(11)10-14/h3-8,14,20H,9-10H2,1-2H3. The van der Waals surface area contributed by atoms with Gasteiger partial charge < -0.3 is 10.2 Å². The number of hydrogen-bond donors (Lipinski definition) is 1. The van der Waals surface area contributed by atoms with E-state index in [-0.39, 0.29) is 0 Å². The number of nitrogens with one attached hydrogen (secondary N) is 1. The summed E-state index contributed by atoms with van der Waals surface area (Å²) in [6.45, 7) is 0. The summed E-state index contributed by atoms with van der Waals surface area (Å²) in [5.74, 6) is 0. The molecule has 1 atom stereocenters. The normalized spacial score (nSPS) is 16.7. The maximum Gasteiger partial charge on any atom is 0.0786 e. The number of nitrogens with zero attached hydrogens (tertiary/aromatic N) is 1. The summed E-state index contributed by atoms with van der Waals surface area (Å²) < 4.78 is 0. The Morgan fingerprint density at radius 1 is 1.05 bits per heavy atom. The number of para-hydroxylation sites is 1. The van der Waals surface area contributed by atoms with Crippen LogP contribution in [0.3, 0.4) is 0 Å². The van der Waals surface area contributed by atoms with Gasteiger partial charge in [0.05, 0.1) is 16.4 Å². The smallest absolute Gasteiger partial charge is 0.0786 e. The van der Waals surface area contributed by atoms with Crippen LogP contribution in [0.5, 0.6) is 0 Å². The molecular weight excluding hydrogens is 303 g/mol. The summed E-state index contributed by atoms with van der Waals surface area (Å²) in [5, 5.41) is 5.21. The lowest BCUT2D eigenvalue weighted by Crippen LogP contribution is -2.22. The van der Waals surface area contributed by atoms with Crippen LogP contribution < -0.4 is 10.2 Å². The molecule has 1 N–H and O–H groups in total. The zero-order valence-electron chi connectivity index (χ0n) is 12.2. The Labute approximate surface area is 135 Å². The zero-order valence-corrected chi connectivity index (χ0v) is 13.7. The third-order valence-corrected chi connectivity index (χ3v) is 4.43. The van der Waals surface area contributed by atoms with Crippen LogP contribution in [0.2, 0.25) is 10.0 Å². The minimum atomic E-state index is 0.385. The van der Waals surface area contributed by atoms with Gasteiger partial charge in [0.2, 0.25) is 0 Å². The number of fused-ring (bicyclic) bond motifs is 1. The van der Waals surface area contributed by atoms with Crippen LogP contribution in [-0.2, 0) is 12.8 Å². The first-order valence-electron chi connectivity index (χ1n) is 7.04. The van der Waals surface area contributed by atoms with Crippen LogP contribution in [0, 0.1) is 0 Å². The van der Waals surface area contributed by atoms with Crippen molar-refractivity contribution in [2.24, 2.45) is 0 Å². The molecule has 0 fully saturated rings. The molecule has 4 heteroatoms. The SMILES string of the molecule is CN(C)c1c(Cl)cccc1NC1Cc2ccc(Cl)cc2C1. The first-order chi connectivity index (χ1) is 10.0. The molecule has 0 spiro atoms. The molecule has 110 valence electrons. The predicted molar refractivity (Wildman–Crippen MR) is 92.0 cm³/mol. The minimum Gasteiger partial charge on any atom is -0.380 e. The number of halogens is 2. The lowest BCUT2D eigenvalue weighted by molar-refractivity contribution is 0.774. The summed E-state index contributed by atoms with van der Waals surface area (Å²) in [7, 11) is 4.02. The van der Waals surface area contributed by atoms with Gasteiger partial charge in [-0.05, 0) is 48.2 Å². The van der Waals surface area contributed by atoms with Crippen LogP contribution >= 0.6 is 23.2 Å². The van der Waals surface area contributed by atoms with Crippen LogP contribution in [0.4, 0.5) is 11.4 Å². The van der Waals surface area contributed by atoms with Gasteiger partial charge in [0, 0.05) is 25.2 Å². The number of rotatable bonds is 3. The number of hydrogen-bond acceptors (Lipinski definition) is 2. The molecule has 1 unspecified atom stereocenters. The third-order valence-electron chi connectivity index (χ3n) is 3.89. The van der Waals surface area contributed by atoms with Gasteiger partial charge in [0.25, 0.3) is 0 Å². The van der Waals surface area contributed by atoms with Gasteiger partial charge in [-0.1, -0.05) is 35.3 Å². The van der Waals surface area contributed by atoms with E-state index < -0.39 is 0 Å². The topological polar surface area (TPSA) is 15.3 Å². The van der Waals surface area contributed by atoms with E-state index in [0.717, 1.165) is 34.3 Å². The molecule has 0 aromatic heterocycles. The second-order valence-electron chi connectivity index (χ2n) is 5.69. The van der Waals surface area contributed by atoms with Crippen molar-refractivity contribution < 1.29 is 0 Å². The van der Waals surface area contributed by atoms with Gasteiger partial charge >= 0.3 is 0 Å². The molecule has 2 aromatic rings. The first kappa shape index (κ1) is 14.6. The van der Waals surface area contributed by atoms with Crippen molar-refractivity contribution in [3.05, 3.63) is 57.6 Å². The van der Waals surface area contributed by atoms with Crippen molar-refractivity contribution in [1.82, 2.24) is 0 Å². The Balaban J connectivity index is 1.82. The van der Waals surface area contributed by atoms with Crippen molar-refractivity contribution in [3.63, 3.8) is 0 Å². The van der Waals surface area contributed by atoms with Crippen LogP contribution in [0.15, 0.2) is 36.4 Å². The highest BCUT2D eigenvalue weighted by Crippen LogP contribution is 2.35. The molecule has 21 heavy (non-hydrogen) atoms. The quantitative estimate of drug-likeness (QED) is 0.886. The highest BCUT2D eigenvalue weighted by Gasteiger charge is 2.22. The average Bonchev–Trinajstić information content (AvgIpc) is 2.79. The van der Waals surface area contributed by atoms with Gasteiger partial charge in [-0.3, -0.25) is 0 Å². The Bertz CT molecular complexity index is 668. The van der Waals surface area contributed by atoms with Crippen molar-refractivity contribution in [3.8, 4) is 0 Å². The molecule has 0 aliphatic heterocycles. The summed E-state index contributed by atoms with van der Waals surface area (Å²) in [6.07, 6.45) is 2.02. The fourth-order valence-electron chi connectivity index (χ4n) is 3.00. The summed E-state index contributed by atoms with van der Waals surface area (Å²) >= 11 is 12.4. The van der Waals surface area contributed by atoms with Gasteiger partial charge in [0.1, 0.15) is 0 Å². The molecule has 1 aliphatic rings. The Kier molecular flexibility index (Phi) is 4.01. The molecule has 0 amide bonds. The fraction of sp³-hybridized carbons (Fsp3) is 0.294. The van der Waals surface area contributed by atoms with Crippen molar-refractivity contribution in [1.29, 1.82) is 0 Å². The van der Waals surface area contributed by atoms with E-state index in [1.165, 1.54) is 11.1 Å². The lowest BCUT2D eigenvalue weighted by Gasteiger charge is -2.22. The number of anilines is 2. The molecular formula is C17H18Cl2N2. The molecule has 0 radical (unpaired) electrons. The van der Waals surface area contributed by atoms with E-state index in [4.69, 9.17) is 23.2 Å². The maximum absolute atomic E-state index is 6.32. The molecule has 2 aromatic carbocycles. The lowest BCUT2D eigenvalue weighted by atomic mass is 10.1. The largest absolute Gasteiger partial charge is 0.380 e. The van der Waals surface area contributed by atoms with E-state index in [9.17, 15) is 0 Å². The fourth-order valence-corrected chi connectivity index (χ4v) is 3.53. The Morgan fingerprint density at radius 2 is 1.81 bits per heavy atom. The second kappa shape index (κ2) is 5.78. The van der Waals surface area contributed by atoms with Crippen LogP contribution in [0.25, 0.3) is 0 Å².